The Hall–Kier alpha value is -3.31. The van der Waals surface area contributed by atoms with Gasteiger partial charge in [0.2, 0.25) is 0 Å². The molecule has 5 rings (SSSR count). The van der Waals surface area contributed by atoms with E-state index >= 15 is 0 Å². The molecule has 0 atom stereocenters. The smallest absolute Gasteiger partial charge is 0.0991 e. The van der Waals surface area contributed by atoms with Gasteiger partial charge in [0, 0.05) is 21.7 Å². The predicted octanol–water partition coefficient (Wildman–Crippen LogP) is 5.50. The Morgan fingerprint density at radius 1 is 0.696 bits per heavy atom. The Morgan fingerprint density at radius 3 is 2.09 bits per heavy atom. The molecule has 1 heterocycles. The van der Waals surface area contributed by atoms with Crippen LogP contribution in [0.4, 0.5) is 0 Å². The zero-order valence-electron chi connectivity index (χ0n) is 12.3. The van der Waals surface area contributed by atoms with Crippen molar-refractivity contribution < 1.29 is 0 Å². The monoisotopic (exact) mass is 292 g/mol. The lowest BCUT2D eigenvalue weighted by molar-refractivity contribution is 1.49. The summed E-state index contributed by atoms with van der Waals surface area (Å²) < 4.78 is 0. The molecule has 4 aromatic carbocycles. The normalized spacial score (nSPS) is 11.4. The van der Waals surface area contributed by atoms with E-state index in [9.17, 15) is 5.26 Å². The second kappa shape index (κ2) is 4.34. The van der Waals surface area contributed by atoms with E-state index in [0.29, 0.717) is 5.56 Å². The summed E-state index contributed by atoms with van der Waals surface area (Å²) in [5.41, 5.74) is 2.90. The van der Waals surface area contributed by atoms with E-state index in [0.717, 1.165) is 16.4 Å². The van der Waals surface area contributed by atoms with Crippen molar-refractivity contribution >= 4 is 43.4 Å². The zero-order valence-corrected chi connectivity index (χ0v) is 12.3. The van der Waals surface area contributed by atoms with Crippen LogP contribution >= 0.6 is 0 Å². The molecule has 0 radical (unpaired) electrons. The molecule has 0 aliphatic carbocycles. The molecule has 0 spiro atoms. The van der Waals surface area contributed by atoms with Gasteiger partial charge in [-0.15, -0.1) is 0 Å². The molecule has 0 fully saturated rings. The first kappa shape index (κ1) is 12.3. The lowest BCUT2D eigenvalue weighted by atomic mass is 9.96. The van der Waals surface area contributed by atoms with Crippen molar-refractivity contribution in [1.29, 1.82) is 5.26 Å². The van der Waals surface area contributed by atoms with E-state index in [-0.39, 0.29) is 0 Å². The maximum atomic E-state index is 9.23. The minimum atomic E-state index is 0.690. The quantitative estimate of drug-likeness (QED) is 0.376. The highest BCUT2D eigenvalue weighted by molar-refractivity contribution is 6.31. The topological polar surface area (TPSA) is 39.6 Å². The first-order valence-corrected chi connectivity index (χ1v) is 7.62. The largest absolute Gasteiger partial charge is 0.354 e. The Kier molecular flexibility index (Phi) is 2.32. The summed E-state index contributed by atoms with van der Waals surface area (Å²) in [6.07, 6.45) is 0. The minimum Gasteiger partial charge on any atom is -0.354 e. The molecule has 2 heteroatoms. The SMILES string of the molecule is N#Cc1ccc2[nH]c3c4ccccc4c4ccccc4c3c2c1. The molecule has 0 bridgehead atoms. The van der Waals surface area contributed by atoms with Crippen LogP contribution in [-0.2, 0) is 0 Å². The Balaban J connectivity index is 2.18. The number of nitriles is 1. The van der Waals surface area contributed by atoms with Crippen LogP contribution in [0.3, 0.4) is 0 Å². The van der Waals surface area contributed by atoms with E-state index < -0.39 is 0 Å². The summed E-state index contributed by atoms with van der Waals surface area (Å²) in [5, 5.41) is 16.5. The Morgan fingerprint density at radius 2 is 1.35 bits per heavy atom. The molecular formula is C21H12N2. The van der Waals surface area contributed by atoms with Gasteiger partial charge in [0.15, 0.2) is 0 Å². The molecule has 1 aromatic heterocycles. The van der Waals surface area contributed by atoms with Crippen molar-refractivity contribution in [1.82, 2.24) is 4.98 Å². The van der Waals surface area contributed by atoms with Crippen LogP contribution in [0.25, 0.3) is 43.4 Å². The fourth-order valence-electron chi connectivity index (χ4n) is 3.62. The highest BCUT2D eigenvalue weighted by Crippen LogP contribution is 2.38. The zero-order chi connectivity index (χ0) is 15.4. The van der Waals surface area contributed by atoms with Gasteiger partial charge in [-0.1, -0.05) is 48.5 Å². The number of benzene rings is 4. The maximum Gasteiger partial charge on any atom is 0.0991 e. The van der Waals surface area contributed by atoms with Gasteiger partial charge in [0.05, 0.1) is 17.1 Å². The van der Waals surface area contributed by atoms with Gasteiger partial charge < -0.3 is 4.98 Å². The fraction of sp³-hybridized carbons (Fsp3) is 0. The molecule has 1 N–H and O–H groups in total. The third-order valence-electron chi connectivity index (χ3n) is 4.61. The number of aromatic nitrogens is 1. The van der Waals surface area contributed by atoms with Gasteiger partial charge in [-0.05, 0) is 34.4 Å². The van der Waals surface area contributed by atoms with Gasteiger partial charge in [0.25, 0.3) is 0 Å². The summed E-state index contributed by atoms with van der Waals surface area (Å²) in [6, 6.07) is 25.1. The van der Waals surface area contributed by atoms with Crippen LogP contribution in [0.2, 0.25) is 0 Å². The second-order valence-corrected chi connectivity index (χ2v) is 5.84. The molecule has 0 unspecified atom stereocenters. The number of nitrogens with zero attached hydrogens (tertiary/aromatic N) is 1. The molecule has 0 aliphatic heterocycles. The lowest BCUT2D eigenvalue weighted by Crippen LogP contribution is -1.80. The molecule has 23 heavy (non-hydrogen) atoms. The van der Waals surface area contributed by atoms with Crippen LogP contribution in [0.5, 0.6) is 0 Å². The molecule has 0 aliphatic rings. The first-order chi connectivity index (χ1) is 11.4. The van der Waals surface area contributed by atoms with Crippen molar-refractivity contribution in [2.24, 2.45) is 0 Å². The average molecular weight is 292 g/mol. The number of nitrogens with one attached hydrogen (secondary N) is 1. The van der Waals surface area contributed by atoms with E-state index in [4.69, 9.17) is 0 Å². The van der Waals surface area contributed by atoms with Gasteiger partial charge >= 0.3 is 0 Å². The van der Waals surface area contributed by atoms with E-state index in [2.05, 4.69) is 59.6 Å². The molecule has 2 nitrogen and oxygen atoms in total. The number of rotatable bonds is 0. The number of H-pyrrole nitrogens is 1. The van der Waals surface area contributed by atoms with Crippen molar-refractivity contribution in [2.75, 3.05) is 0 Å². The van der Waals surface area contributed by atoms with Gasteiger partial charge in [-0.25, -0.2) is 0 Å². The van der Waals surface area contributed by atoms with E-state index in [1.807, 2.05) is 18.2 Å². The van der Waals surface area contributed by atoms with Gasteiger partial charge in [-0.3, -0.25) is 0 Å². The molecule has 0 amide bonds. The number of fused-ring (bicyclic) bond motifs is 8. The third kappa shape index (κ3) is 1.56. The molecule has 0 saturated carbocycles. The summed E-state index contributed by atoms with van der Waals surface area (Å²) in [5.74, 6) is 0. The van der Waals surface area contributed by atoms with Crippen molar-refractivity contribution in [3.8, 4) is 6.07 Å². The lowest BCUT2D eigenvalue weighted by Gasteiger charge is -2.07. The van der Waals surface area contributed by atoms with Crippen LogP contribution < -0.4 is 0 Å². The Bertz CT molecular complexity index is 1270. The predicted molar refractivity (Wildman–Crippen MR) is 95.5 cm³/mol. The molecule has 5 aromatic rings. The first-order valence-electron chi connectivity index (χ1n) is 7.62. The van der Waals surface area contributed by atoms with Gasteiger partial charge in [-0.2, -0.15) is 5.26 Å². The number of hydrogen-bond donors (Lipinski definition) is 1. The third-order valence-corrected chi connectivity index (χ3v) is 4.61. The summed E-state index contributed by atoms with van der Waals surface area (Å²) in [6.45, 7) is 0. The van der Waals surface area contributed by atoms with Crippen LogP contribution in [0.1, 0.15) is 5.56 Å². The summed E-state index contributed by atoms with van der Waals surface area (Å²) in [4.78, 5) is 3.56. The van der Waals surface area contributed by atoms with Crippen molar-refractivity contribution in [3.05, 3.63) is 72.3 Å². The molecule has 106 valence electrons. The highest BCUT2D eigenvalue weighted by atomic mass is 14.7. The van der Waals surface area contributed by atoms with Crippen LogP contribution in [0.15, 0.2) is 66.7 Å². The van der Waals surface area contributed by atoms with E-state index in [1.165, 1.54) is 26.9 Å². The summed E-state index contributed by atoms with van der Waals surface area (Å²) >= 11 is 0. The van der Waals surface area contributed by atoms with Crippen molar-refractivity contribution in [2.45, 2.75) is 0 Å². The minimum absolute atomic E-state index is 0.690. The van der Waals surface area contributed by atoms with Gasteiger partial charge in [0.1, 0.15) is 0 Å². The van der Waals surface area contributed by atoms with Crippen LogP contribution in [-0.4, -0.2) is 4.98 Å². The number of hydrogen-bond acceptors (Lipinski definition) is 1. The average Bonchev–Trinajstić information content (AvgIpc) is 3.01. The summed E-state index contributed by atoms with van der Waals surface area (Å²) in [7, 11) is 0. The second-order valence-electron chi connectivity index (χ2n) is 5.84. The number of aromatic amines is 1. The van der Waals surface area contributed by atoms with Crippen molar-refractivity contribution in [3.63, 3.8) is 0 Å². The molecule has 0 saturated heterocycles. The molecular weight excluding hydrogens is 280 g/mol. The fourth-order valence-corrected chi connectivity index (χ4v) is 3.62. The van der Waals surface area contributed by atoms with Crippen LogP contribution in [0, 0.1) is 11.3 Å². The van der Waals surface area contributed by atoms with E-state index in [1.54, 1.807) is 0 Å². The highest BCUT2D eigenvalue weighted by Gasteiger charge is 2.13. The Labute approximate surface area is 132 Å². The maximum absolute atomic E-state index is 9.23. The standard InChI is InChI=1S/C21H12N2/c22-12-13-9-10-19-18(11-13)20-16-7-3-1-5-14(16)15-6-2-4-8-17(15)21(20)23-19/h1-11,23H.